The average Bonchev–Trinajstić information content (AvgIpc) is 2.59. The van der Waals surface area contributed by atoms with Gasteiger partial charge in [0.2, 0.25) is 0 Å². The lowest BCUT2D eigenvalue weighted by atomic mass is 10.2. The number of nitrogens with one attached hydrogen (secondary N) is 2. The molecule has 5 nitrogen and oxygen atoms in total. The minimum absolute atomic E-state index is 0.405. The van der Waals surface area contributed by atoms with Crippen molar-refractivity contribution in [2.24, 2.45) is 0 Å². The Hall–Kier alpha value is -1.62. The first kappa shape index (κ1) is 10.9. The van der Waals surface area contributed by atoms with Gasteiger partial charge in [-0.05, 0) is 25.6 Å². The fraction of sp³-hybridized carbons (Fsp3) is 0.455. The predicted molar refractivity (Wildman–Crippen MR) is 65.1 cm³/mol. The lowest BCUT2D eigenvalue weighted by Gasteiger charge is -2.09. The molecule has 0 saturated carbocycles. The Morgan fingerprint density at radius 3 is 3.00 bits per heavy atom. The van der Waals surface area contributed by atoms with Crippen molar-refractivity contribution in [1.82, 2.24) is 20.3 Å². The van der Waals surface area contributed by atoms with E-state index in [4.69, 9.17) is 5.73 Å². The molecule has 1 unspecified atom stereocenters. The van der Waals surface area contributed by atoms with Crippen molar-refractivity contribution in [3.63, 3.8) is 0 Å². The van der Waals surface area contributed by atoms with Gasteiger partial charge in [0.1, 0.15) is 11.6 Å². The van der Waals surface area contributed by atoms with Gasteiger partial charge < -0.3 is 16.0 Å². The number of hydrogen-bond donors (Lipinski definition) is 3. The van der Waals surface area contributed by atoms with Crippen LogP contribution in [0.3, 0.4) is 0 Å². The molecule has 1 atom stereocenters. The molecule has 0 aliphatic rings. The lowest BCUT2D eigenvalue weighted by Crippen LogP contribution is -2.27. The van der Waals surface area contributed by atoms with E-state index in [1.165, 1.54) is 0 Å². The number of imidazole rings is 1. The summed E-state index contributed by atoms with van der Waals surface area (Å²) >= 11 is 0. The third-order valence-corrected chi connectivity index (χ3v) is 2.47. The number of likely N-dealkylation sites (N-methyl/N-ethyl adjacent to an activating group) is 1. The van der Waals surface area contributed by atoms with Gasteiger partial charge in [-0.25, -0.2) is 9.97 Å². The Bertz CT molecular complexity index is 476. The summed E-state index contributed by atoms with van der Waals surface area (Å²) < 4.78 is 0. The molecular weight excluding hydrogens is 202 g/mol. The van der Waals surface area contributed by atoms with E-state index in [-0.39, 0.29) is 0 Å². The summed E-state index contributed by atoms with van der Waals surface area (Å²) in [6.45, 7) is 5.20. The maximum atomic E-state index is 5.60. The van der Waals surface area contributed by atoms with E-state index in [1.807, 2.05) is 6.07 Å². The van der Waals surface area contributed by atoms with Crippen LogP contribution in [0.2, 0.25) is 0 Å². The summed E-state index contributed by atoms with van der Waals surface area (Å²) in [6.07, 6.45) is 0.865. The summed E-state index contributed by atoms with van der Waals surface area (Å²) in [6, 6.07) is 4.09. The van der Waals surface area contributed by atoms with Crippen LogP contribution >= 0.6 is 0 Å². The number of anilines is 1. The van der Waals surface area contributed by atoms with Gasteiger partial charge in [0, 0.05) is 12.5 Å². The summed E-state index contributed by atoms with van der Waals surface area (Å²) in [5.41, 5.74) is 7.24. The second-order valence-corrected chi connectivity index (χ2v) is 3.95. The van der Waals surface area contributed by atoms with E-state index in [0.29, 0.717) is 17.5 Å². The molecule has 2 aromatic heterocycles. The van der Waals surface area contributed by atoms with Crippen LogP contribution in [0, 0.1) is 0 Å². The van der Waals surface area contributed by atoms with Crippen LogP contribution in [0.25, 0.3) is 11.2 Å². The molecule has 0 bridgehead atoms. The zero-order chi connectivity index (χ0) is 11.5. The minimum Gasteiger partial charge on any atom is -0.384 e. The van der Waals surface area contributed by atoms with Gasteiger partial charge in [0.25, 0.3) is 0 Å². The predicted octanol–water partition coefficient (Wildman–Crippen LogP) is 1.08. The Kier molecular flexibility index (Phi) is 3.05. The Labute approximate surface area is 94.5 Å². The van der Waals surface area contributed by atoms with Crippen molar-refractivity contribution >= 4 is 17.0 Å². The molecule has 0 fully saturated rings. The largest absolute Gasteiger partial charge is 0.384 e. The molecule has 0 saturated heterocycles. The number of nitrogen functional groups attached to an aromatic ring is 1. The fourth-order valence-electron chi connectivity index (χ4n) is 1.76. The quantitative estimate of drug-likeness (QED) is 0.719. The van der Waals surface area contributed by atoms with Gasteiger partial charge in [0.15, 0.2) is 5.65 Å². The zero-order valence-electron chi connectivity index (χ0n) is 9.62. The van der Waals surface area contributed by atoms with Crippen molar-refractivity contribution in [2.45, 2.75) is 26.3 Å². The van der Waals surface area contributed by atoms with Crippen molar-refractivity contribution in [3.05, 3.63) is 18.0 Å². The van der Waals surface area contributed by atoms with E-state index in [0.717, 1.165) is 24.3 Å². The van der Waals surface area contributed by atoms with Gasteiger partial charge in [0.05, 0.1) is 5.52 Å². The molecule has 5 heteroatoms. The summed E-state index contributed by atoms with van der Waals surface area (Å²) in [7, 11) is 0. The number of pyridine rings is 1. The van der Waals surface area contributed by atoms with Crippen LogP contribution in [0.5, 0.6) is 0 Å². The first-order valence-electron chi connectivity index (χ1n) is 5.53. The fourth-order valence-corrected chi connectivity index (χ4v) is 1.76. The van der Waals surface area contributed by atoms with E-state index in [9.17, 15) is 0 Å². The molecule has 0 amide bonds. The van der Waals surface area contributed by atoms with E-state index in [2.05, 4.69) is 34.1 Å². The van der Waals surface area contributed by atoms with E-state index >= 15 is 0 Å². The van der Waals surface area contributed by atoms with Crippen molar-refractivity contribution in [1.29, 1.82) is 0 Å². The maximum Gasteiger partial charge on any atom is 0.179 e. The van der Waals surface area contributed by atoms with Crippen molar-refractivity contribution in [3.8, 4) is 0 Å². The molecule has 16 heavy (non-hydrogen) atoms. The van der Waals surface area contributed by atoms with Gasteiger partial charge in [-0.2, -0.15) is 0 Å². The molecule has 2 heterocycles. The summed E-state index contributed by atoms with van der Waals surface area (Å²) in [5, 5.41) is 3.34. The highest BCUT2D eigenvalue weighted by Gasteiger charge is 2.07. The molecule has 0 aliphatic carbocycles. The van der Waals surface area contributed by atoms with Crippen LogP contribution in [0.1, 0.15) is 19.7 Å². The summed E-state index contributed by atoms with van der Waals surface area (Å²) in [5.74, 6) is 1.45. The van der Waals surface area contributed by atoms with Crippen LogP contribution in [-0.4, -0.2) is 27.5 Å². The zero-order valence-corrected chi connectivity index (χ0v) is 9.62. The number of aromatic nitrogens is 3. The average molecular weight is 219 g/mol. The molecular formula is C11H17N5. The highest BCUT2D eigenvalue weighted by Crippen LogP contribution is 2.11. The maximum absolute atomic E-state index is 5.60. The van der Waals surface area contributed by atoms with Gasteiger partial charge in [-0.3, -0.25) is 0 Å². The van der Waals surface area contributed by atoms with E-state index < -0.39 is 0 Å². The topological polar surface area (TPSA) is 79.6 Å². The van der Waals surface area contributed by atoms with Crippen molar-refractivity contribution < 1.29 is 0 Å². The number of nitrogens with two attached hydrogens (primary N) is 1. The van der Waals surface area contributed by atoms with Crippen LogP contribution in [0.4, 0.5) is 5.82 Å². The molecule has 86 valence electrons. The number of nitrogens with zero attached hydrogens (tertiary/aromatic N) is 2. The third kappa shape index (κ3) is 2.30. The second-order valence-electron chi connectivity index (χ2n) is 3.95. The first-order chi connectivity index (χ1) is 7.69. The SMILES string of the molecule is CCNC(C)Cc1nc2nc(N)ccc2[nH]1. The normalized spacial score (nSPS) is 13.1. The summed E-state index contributed by atoms with van der Waals surface area (Å²) in [4.78, 5) is 11.8. The standard InChI is InChI=1S/C11H17N5/c1-3-13-7(2)6-10-14-8-4-5-9(12)15-11(8)16-10/h4-5,7,13H,3,6H2,1-2H3,(H3,12,14,15,16). The number of aromatic amines is 1. The highest BCUT2D eigenvalue weighted by atomic mass is 15.0. The highest BCUT2D eigenvalue weighted by molar-refractivity contribution is 5.72. The molecule has 4 N–H and O–H groups in total. The van der Waals surface area contributed by atoms with Gasteiger partial charge >= 0.3 is 0 Å². The number of fused-ring (bicyclic) bond motifs is 1. The van der Waals surface area contributed by atoms with Crippen LogP contribution in [-0.2, 0) is 6.42 Å². The van der Waals surface area contributed by atoms with Crippen LogP contribution < -0.4 is 11.1 Å². The van der Waals surface area contributed by atoms with E-state index in [1.54, 1.807) is 6.07 Å². The lowest BCUT2D eigenvalue weighted by molar-refractivity contribution is 0.555. The number of rotatable bonds is 4. The number of hydrogen-bond acceptors (Lipinski definition) is 4. The molecule has 0 radical (unpaired) electrons. The smallest absolute Gasteiger partial charge is 0.179 e. The Balaban J connectivity index is 2.19. The molecule has 0 aromatic carbocycles. The van der Waals surface area contributed by atoms with Crippen molar-refractivity contribution in [2.75, 3.05) is 12.3 Å². The van der Waals surface area contributed by atoms with Gasteiger partial charge in [-0.15, -0.1) is 0 Å². The first-order valence-corrected chi connectivity index (χ1v) is 5.53. The number of H-pyrrole nitrogens is 1. The second kappa shape index (κ2) is 4.49. The molecule has 0 spiro atoms. The monoisotopic (exact) mass is 219 g/mol. The Morgan fingerprint density at radius 1 is 1.44 bits per heavy atom. The Morgan fingerprint density at radius 2 is 2.25 bits per heavy atom. The molecule has 2 rings (SSSR count). The third-order valence-electron chi connectivity index (χ3n) is 2.47. The molecule has 0 aliphatic heterocycles. The molecule has 2 aromatic rings. The van der Waals surface area contributed by atoms with Crippen LogP contribution in [0.15, 0.2) is 12.1 Å². The van der Waals surface area contributed by atoms with Gasteiger partial charge in [-0.1, -0.05) is 6.92 Å². The minimum atomic E-state index is 0.405.